The maximum atomic E-state index is 12.6. The van der Waals surface area contributed by atoms with E-state index in [1.807, 2.05) is 20.8 Å². The topological polar surface area (TPSA) is 40.6 Å². The monoisotopic (exact) mass is 314 g/mol. The molecule has 0 aliphatic carbocycles. The molecule has 0 spiro atoms. The van der Waals surface area contributed by atoms with Crippen molar-refractivity contribution in [2.45, 2.75) is 32.7 Å². The largest absolute Gasteiger partial charge is 0.331 e. The van der Waals surface area contributed by atoms with E-state index in [1.165, 1.54) is 6.07 Å². The van der Waals surface area contributed by atoms with Gasteiger partial charge < -0.3 is 4.90 Å². The molecule has 108 valence electrons. The van der Waals surface area contributed by atoms with Crippen LogP contribution in [-0.4, -0.2) is 28.9 Å². The Morgan fingerprint density at radius 3 is 2.40 bits per heavy atom. The van der Waals surface area contributed by atoms with Crippen molar-refractivity contribution in [3.8, 4) is 0 Å². The molecular weight excluding hydrogens is 299 g/mol. The van der Waals surface area contributed by atoms with Crippen molar-refractivity contribution < 1.29 is 9.59 Å². The van der Waals surface area contributed by atoms with Gasteiger partial charge in [-0.15, -0.1) is 0 Å². The molecule has 0 unspecified atom stereocenters. The zero-order chi connectivity index (χ0) is 15.1. The normalized spacial score (nSPS) is 16.9. The Hall–Kier alpha value is -1.26. The standard InChI is InChI=1S/C14H16Cl2N2O2/c1-14(2,3)17-7-6-12(19)18(13(17)20)11-8-9(15)4-5-10(11)16/h4-5,8H,6-7H2,1-3H3. The number of carbonyl (C=O) groups excluding carboxylic acids is 2. The van der Waals surface area contributed by atoms with E-state index in [-0.39, 0.29) is 23.9 Å². The van der Waals surface area contributed by atoms with Crippen molar-refractivity contribution >= 4 is 40.8 Å². The van der Waals surface area contributed by atoms with Crippen LogP contribution in [0.2, 0.25) is 10.0 Å². The lowest BCUT2D eigenvalue weighted by molar-refractivity contribution is -0.119. The molecule has 1 heterocycles. The van der Waals surface area contributed by atoms with Crippen LogP contribution in [0.15, 0.2) is 18.2 Å². The van der Waals surface area contributed by atoms with Crippen LogP contribution in [0, 0.1) is 0 Å². The van der Waals surface area contributed by atoms with Crippen LogP contribution in [-0.2, 0) is 4.79 Å². The highest BCUT2D eigenvalue weighted by Crippen LogP contribution is 2.33. The van der Waals surface area contributed by atoms with Gasteiger partial charge in [0.1, 0.15) is 0 Å². The molecule has 1 aromatic rings. The van der Waals surface area contributed by atoms with Crippen molar-refractivity contribution in [2.24, 2.45) is 0 Å². The number of anilines is 1. The summed E-state index contributed by atoms with van der Waals surface area (Å²) in [6, 6.07) is 4.37. The summed E-state index contributed by atoms with van der Waals surface area (Å²) in [6.07, 6.45) is 0.270. The molecule has 1 aromatic carbocycles. The third-order valence-electron chi connectivity index (χ3n) is 3.18. The summed E-state index contributed by atoms with van der Waals surface area (Å²) in [5, 5.41) is 0.754. The number of halogens is 2. The lowest BCUT2D eigenvalue weighted by atomic mass is 10.0. The fourth-order valence-corrected chi connectivity index (χ4v) is 2.53. The maximum absolute atomic E-state index is 12.6. The van der Waals surface area contributed by atoms with Gasteiger partial charge >= 0.3 is 6.03 Å². The number of carbonyl (C=O) groups is 2. The minimum Gasteiger partial charge on any atom is -0.319 e. The second kappa shape index (κ2) is 5.26. The molecule has 1 aliphatic heterocycles. The van der Waals surface area contributed by atoms with Crippen LogP contribution in [0.4, 0.5) is 10.5 Å². The molecule has 0 N–H and O–H groups in total. The minimum atomic E-state index is -0.363. The molecule has 0 atom stereocenters. The van der Waals surface area contributed by atoms with Gasteiger partial charge in [-0.3, -0.25) is 4.79 Å². The number of benzene rings is 1. The highest BCUT2D eigenvalue weighted by atomic mass is 35.5. The lowest BCUT2D eigenvalue weighted by Crippen LogP contribution is -2.58. The SMILES string of the molecule is CC(C)(C)N1CCC(=O)N(c2cc(Cl)ccc2Cl)C1=O. The van der Waals surface area contributed by atoms with Gasteiger partial charge in [0.25, 0.3) is 0 Å². The van der Waals surface area contributed by atoms with Gasteiger partial charge in [-0.25, -0.2) is 9.69 Å². The third kappa shape index (κ3) is 2.76. The van der Waals surface area contributed by atoms with Crippen LogP contribution in [0.25, 0.3) is 0 Å². The quantitative estimate of drug-likeness (QED) is 0.787. The molecule has 0 bridgehead atoms. The molecule has 3 amide bonds. The van der Waals surface area contributed by atoms with E-state index in [4.69, 9.17) is 23.2 Å². The minimum absolute atomic E-state index is 0.264. The Balaban J connectivity index is 2.45. The number of nitrogens with zero attached hydrogens (tertiary/aromatic N) is 2. The first-order valence-corrected chi connectivity index (χ1v) is 7.07. The van der Waals surface area contributed by atoms with Gasteiger partial charge in [0.15, 0.2) is 0 Å². The zero-order valence-corrected chi connectivity index (χ0v) is 13.1. The Labute approximate surface area is 128 Å². The zero-order valence-electron chi connectivity index (χ0n) is 11.6. The number of rotatable bonds is 1. The summed E-state index contributed by atoms with van der Waals surface area (Å²) >= 11 is 12.0. The Bertz CT molecular complexity index is 567. The molecular formula is C14H16Cl2N2O2. The van der Waals surface area contributed by atoms with Crippen molar-refractivity contribution in [3.05, 3.63) is 28.2 Å². The average Bonchev–Trinajstić information content (AvgIpc) is 2.32. The summed E-state index contributed by atoms with van der Waals surface area (Å²) in [4.78, 5) is 27.5. The van der Waals surface area contributed by atoms with Crippen LogP contribution in [0.5, 0.6) is 0 Å². The molecule has 2 rings (SSSR count). The van der Waals surface area contributed by atoms with E-state index in [9.17, 15) is 9.59 Å². The third-order valence-corrected chi connectivity index (χ3v) is 3.73. The summed E-state index contributed by atoms with van der Waals surface area (Å²) in [5.41, 5.74) is -0.0238. The number of hydrogen-bond acceptors (Lipinski definition) is 2. The molecule has 1 aliphatic rings. The number of urea groups is 1. The molecule has 1 fully saturated rings. The number of imide groups is 1. The van der Waals surface area contributed by atoms with Crippen LogP contribution >= 0.6 is 23.2 Å². The Kier molecular flexibility index (Phi) is 3.98. The van der Waals surface area contributed by atoms with E-state index < -0.39 is 0 Å². The van der Waals surface area contributed by atoms with Crippen LogP contribution in [0.3, 0.4) is 0 Å². The maximum Gasteiger partial charge on any atom is 0.331 e. The fraction of sp³-hybridized carbons (Fsp3) is 0.429. The number of amides is 3. The molecule has 6 heteroatoms. The van der Waals surface area contributed by atoms with Gasteiger partial charge in [0.05, 0.1) is 10.7 Å². The highest BCUT2D eigenvalue weighted by Gasteiger charge is 2.39. The molecule has 4 nitrogen and oxygen atoms in total. The summed E-state index contributed by atoms with van der Waals surface area (Å²) in [5.74, 6) is -0.264. The van der Waals surface area contributed by atoms with Crippen LogP contribution in [0.1, 0.15) is 27.2 Å². The van der Waals surface area contributed by atoms with E-state index in [1.54, 1.807) is 17.0 Å². The van der Waals surface area contributed by atoms with Gasteiger partial charge in [-0.1, -0.05) is 23.2 Å². The van der Waals surface area contributed by atoms with Crippen molar-refractivity contribution in [1.29, 1.82) is 0 Å². The van der Waals surface area contributed by atoms with E-state index >= 15 is 0 Å². The van der Waals surface area contributed by atoms with Gasteiger partial charge in [0.2, 0.25) is 5.91 Å². The van der Waals surface area contributed by atoms with Crippen LogP contribution < -0.4 is 4.90 Å². The highest BCUT2D eigenvalue weighted by molar-refractivity contribution is 6.37. The van der Waals surface area contributed by atoms with Gasteiger partial charge in [-0.2, -0.15) is 0 Å². The second-order valence-corrected chi connectivity index (χ2v) is 6.52. The first-order chi connectivity index (χ1) is 9.21. The van der Waals surface area contributed by atoms with Gasteiger partial charge in [0, 0.05) is 23.5 Å². The Morgan fingerprint density at radius 1 is 1.15 bits per heavy atom. The summed E-state index contributed by atoms with van der Waals surface area (Å²) < 4.78 is 0. The predicted molar refractivity (Wildman–Crippen MR) is 80.4 cm³/mol. The van der Waals surface area contributed by atoms with E-state index in [0.717, 1.165) is 4.90 Å². The molecule has 1 saturated heterocycles. The first kappa shape index (κ1) is 15.1. The van der Waals surface area contributed by atoms with Crippen molar-refractivity contribution in [1.82, 2.24) is 4.90 Å². The molecule has 0 saturated carbocycles. The van der Waals surface area contributed by atoms with Crippen molar-refractivity contribution in [3.63, 3.8) is 0 Å². The number of hydrogen-bond donors (Lipinski definition) is 0. The van der Waals surface area contributed by atoms with Crippen molar-refractivity contribution in [2.75, 3.05) is 11.4 Å². The second-order valence-electron chi connectivity index (χ2n) is 5.68. The molecule has 0 radical (unpaired) electrons. The lowest BCUT2D eigenvalue weighted by Gasteiger charge is -2.42. The summed E-state index contributed by atoms with van der Waals surface area (Å²) in [7, 11) is 0. The fourth-order valence-electron chi connectivity index (χ4n) is 2.16. The average molecular weight is 315 g/mol. The summed E-state index contributed by atoms with van der Waals surface area (Å²) in [6.45, 7) is 6.20. The van der Waals surface area contributed by atoms with E-state index in [0.29, 0.717) is 22.3 Å². The first-order valence-electron chi connectivity index (χ1n) is 6.31. The smallest absolute Gasteiger partial charge is 0.319 e. The van der Waals surface area contributed by atoms with Gasteiger partial charge in [-0.05, 0) is 39.0 Å². The molecule has 20 heavy (non-hydrogen) atoms. The molecule has 0 aromatic heterocycles. The Morgan fingerprint density at radius 2 is 1.80 bits per heavy atom. The van der Waals surface area contributed by atoms with E-state index in [2.05, 4.69) is 0 Å². The predicted octanol–water partition coefficient (Wildman–Crippen LogP) is 3.95.